The Balaban J connectivity index is 2.16. The first-order valence-electron chi connectivity index (χ1n) is 4.33. The number of halogens is 1. The average molecular weight is 312 g/mol. The van der Waals surface area contributed by atoms with Gasteiger partial charge in [0, 0.05) is 0 Å². The Morgan fingerprint density at radius 3 is 1.93 bits per heavy atom. The van der Waals surface area contributed by atoms with Gasteiger partial charge in [0.15, 0.2) is 0 Å². The molecule has 0 atom stereocenters. The van der Waals surface area contributed by atoms with Gasteiger partial charge in [0.2, 0.25) is 0 Å². The van der Waals surface area contributed by atoms with E-state index in [1.807, 2.05) is 0 Å². The van der Waals surface area contributed by atoms with Crippen molar-refractivity contribution in [3.05, 3.63) is 59.1 Å². The van der Waals surface area contributed by atoms with E-state index in [1.54, 1.807) is 0 Å². The fraction of sp³-hybridized carbons (Fsp3) is 0. The summed E-state index contributed by atoms with van der Waals surface area (Å²) in [6, 6.07) is 19.2. The van der Waals surface area contributed by atoms with Gasteiger partial charge in [-0.05, 0) is 0 Å². The molecule has 2 aromatic rings. The third kappa shape index (κ3) is 2.71. The van der Waals surface area contributed by atoms with E-state index in [0.717, 1.165) is 4.47 Å². The van der Waals surface area contributed by atoms with Gasteiger partial charge in [-0.3, -0.25) is 0 Å². The fourth-order valence-electron chi connectivity index (χ4n) is 1.13. The van der Waals surface area contributed by atoms with Crippen molar-refractivity contribution in [2.24, 2.45) is 0 Å². The molecule has 70 valence electrons. The van der Waals surface area contributed by atoms with Gasteiger partial charge in [-0.1, -0.05) is 0 Å². The Morgan fingerprint density at radius 1 is 0.714 bits per heavy atom. The van der Waals surface area contributed by atoms with Crippen molar-refractivity contribution in [2.75, 3.05) is 0 Å². The van der Waals surface area contributed by atoms with Crippen LogP contribution in [0.15, 0.2) is 59.1 Å². The number of hydrogen-bond donors (Lipinski definition) is 0. The quantitative estimate of drug-likeness (QED) is 0.745. The van der Waals surface area contributed by atoms with E-state index in [-0.39, 0.29) is 0 Å². The zero-order chi connectivity index (χ0) is 9.80. The molecule has 0 aromatic heterocycles. The maximum absolute atomic E-state index is 3.44. The van der Waals surface area contributed by atoms with E-state index in [1.165, 1.54) is 8.92 Å². The predicted molar refractivity (Wildman–Crippen MR) is 65.6 cm³/mol. The molecule has 0 spiro atoms. The van der Waals surface area contributed by atoms with Gasteiger partial charge in [-0.15, -0.1) is 0 Å². The first-order valence-corrected chi connectivity index (χ1v) is 6.84. The van der Waals surface area contributed by atoms with Crippen molar-refractivity contribution in [3.63, 3.8) is 0 Å². The minimum absolute atomic E-state index is 0.432. The summed E-state index contributed by atoms with van der Waals surface area (Å²) in [4.78, 5) is 0. The molecule has 0 saturated heterocycles. The molecule has 0 aliphatic rings. The zero-order valence-electron chi connectivity index (χ0n) is 7.48. The molecule has 0 radical (unpaired) electrons. The molecule has 0 fully saturated rings. The summed E-state index contributed by atoms with van der Waals surface area (Å²) in [7, 11) is 0. The summed E-state index contributed by atoms with van der Waals surface area (Å²) in [5.41, 5.74) is 0. The van der Waals surface area contributed by atoms with Crippen LogP contribution in [0.25, 0.3) is 0 Å². The minimum atomic E-state index is 0.432. The van der Waals surface area contributed by atoms with Gasteiger partial charge >= 0.3 is 98.9 Å². The van der Waals surface area contributed by atoms with Crippen molar-refractivity contribution in [2.45, 2.75) is 0 Å². The number of hydrogen-bond acceptors (Lipinski definition) is 0. The van der Waals surface area contributed by atoms with Gasteiger partial charge in [-0.25, -0.2) is 0 Å². The van der Waals surface area contributed by atoms with Crippen molar-refractivity contribution in [1.29, 1.82) is 0 Å². The summed E-state index contributed by atoms with van der Waals surface area (Å²) in [5, 5.41) is 0. The standard InChI is InChI=1S/C12H9BrSe/c13-10-6-8-12(9-7-10)14-11-4-2-1-3-5-11/h1-9H. The van der Waals surface area contributed by atoms with Crippen LogP contribution in [0.1, 0.15) is 0 Å². The molecule has 14 heavy (non-hydrogen) atoms. The molecule has 0 nitrogen and oxygen atoms in total. The van der Waals surface area contributed by atoms with E-state index in [4.69, 9.17) is 0 Å². The van der Waals surface area contributed by atoms with Gasteiger partial charge in [0.1, 0.15) is 0 Å². The van der Waals surface area contributed by atoms with Crippen LogP contribution in [0, 0.1) is 0 Å². The van der Waals surface area contributed by atoms with Crippen LogP contribution in [0.5, 0.6) is 0 Å². The normalized spacial score (nSPS) is 10.1. The summed E-state index contributed by atoms with van der Waals surface area (Å²) in [5.74, 6) is 0. The second-order valence-electron chi connectivity index (χ2n) is 2.87. The van der Waals surface area contributed by atoms with Gasteiger partial charge < -0.3 is 0 Å². The maximum atomic E-state index is 3.44. The van der Waals surface area contributed by atoms with Crippen LogP contribution in [-0.2, 0) is 0 Å². The summed E-state index contributed by atoms with van der Waals surface area (Å²) < 4.78 is 3.97. The second kappa shape index (κ2) is 4.79. The van der Waals surface area contributed by atoms with Crippen LogP contribution in [0.3, 0.4) is 0 Å². The van der Waals surface area contributed by atoms with Crippen molar-refractivity contribution in [3.8, 4) is 0 Å². The first kappa shape index (κ1) is 9.97. The molecule has 0 amide bonds. The second-order valence-corrected chi connectivity index (χ2v) is 6.19. The summed E-state index contributed by atoms with van der Waals surface area (Å²) >= 11 is 3.87. The Labute approximate surface area is 98.6 Å². The molecular weight excluding hydrogens is 303 g/mol. The number of rotatable bonds is 2. The summed E-state index contributed by atoms with van der Waals surface area (Å²) in [6.45, 7) is 0. The Bertz CT molecular complexity index is 394. The van der Waals surface area contributed by atoms with E-state index in [0.29, 0.717) is 15.0 Å². The van der Waals surface area contributed by atoms with Crippen LogP contribution < -0.4 is 8.92 Å². The average Bonchev–Trinajstić information content (AvgIpc) is 2.23. The molecule has 0 unspecified atom stereocenters. The van der Waals surface area contributed by atoms with Gasteiger partial charge in [-0.2, -0.15) is 0 Å². The summed E-state index contributed by atoms with van der Waals surface area (Å²) in [6.07, 6.45) is 0. The molecule has 0 saturated carbocycles. The van der Waals surface area contributed by atoms with E-state index in [2.05, 4.69) is 70.5 Å². The molecular formula is C12H9BrSe. The molecule has 2 rings (SSSR count). The van der Waals surface area contributed by atoms with Crippen molar-refractivity contribution in [1.82, 2.24) is 0 Å². The van der Waals surface area contributed by atoms with Gasteiger partial charge in [0.05, 0.1) is 0 Å². The SMILES string of the molecule is Brc1ccc([Se]c2ccccc2)cc1. The molecule has 0 bridgehead atoms. The zero-order valence-corrected chi connectivity index (χ0v) is 10.8. The van der Waals surface area contributed by atoms with Gasteiger partial charge in [0.25, 0.3) is 0 Å². The molecule has 0 heterocycles. The molecule has 0 aliphatic carbocycles. The molecule has 0 aliphatic heterocycles. The molecule has 0 N–H and O–H groups in total. The van der Waals surface area contributed by atoms with Crippen LogP contribution in [-0.4, -0.2) is 15.0 Å². The van der Waals surface area contributed by atoms with Crippen molar-refractivity contribution >= 4 is 39.8 Å². The third-order valence-corrected chi connectivity index (χ3v) is 4.45. The topological polar surface area (TPSA) is 0 Å². The molecule has 2 aromatic carbocycles. The number of benzene rings is 2. The molecule has 2 heteroatoms. The van der Waals surface area contributed by atoms with Crippen LogP contribution in [0.4, 0.5) is 0 Å². The van der Waals surface area contributed by atoms with E-state index >= 15 is 0 Å². The Morgan fingerprint density at radius 2 is 1.29 bits per heavy atom. The fourth-order valence-corrected chi connectivity index (χ4v) is 3.15. The van der Waals surface area contributed by atoms with Crippen LogP contribution in [0.2, 0.25) is 0 Å². The third-order valence-electron chi connectivity index (χ3n) is 1.79. The van der Waals surface area contributed by atoms with Crippen molar-refractivity contribution < 1.29 is 0 Å². The Hall–Kier alpha value is -0.561. The van der Waals surface area contributed by atoms with Crippen LogP contribution >= 0.6 is 15.9 Å². The monoisotopic (exact) mass is 312 g/mol. The van der Waals surface area contributed by atoms with E-state index in [9.17, 15) is 0 Å². The Kier molecular flexibility index (Phi) is 3.41. The first-order chi connectivity index (χ1) is 6.84. The van der Waals surface area contributed by atoms with E-state index < -0.39 is 0 Å². The predicted octanol–water partition coefficient (Wildman–Crippen LogP) is 2.10.